The number of carbonyl (C=O) groups excluding carboxylic acids is 1. The summed E-state index contributed by atoms with van der Waals surface area (Å²) in [6.07, 6.45) is 0. The average molecular weight is 259 g/mol. The van der Waals surface area contributed by atoms with E-state index in [9.17, 15) is 18.0 Å². The van der Waals surface area contributed by atoms with Crippen LogP contribution in [0.5, 0.6) is 0 Å². The summed E-state index contributed by atoms with van der Waals surface area (Å²) in [7, 11) is -4.61. The molecule has 17 heavy (non-hydrogen) atoms. The number of carboxylic acids is 1. The molecule has 0 aromatic heterocycles. The number of anilines is 1. The second-order valence-corrected chi connectivity index (χ2v) is 4.56. The number of rotatable bonds is 3. The molecule has 1 aromatic rings. The van der Waals surface area contributed by atoms with E-state index in [1.165, 1.54) is 0 Å². The molecule has 0 radical (unpaired) electrons. The summed E-state index contributed by atoms with van der Waals surface area (Å²) in [6.45, 7) is 1.15. The second-order valence-electron chi connectivity index (χ2n) is 3.17. The summed E-state index contributed by atoms with van der Waals surface area (Å²) in [6, 6.07) is 2.97. The van der Waals surface area contributed by atoms with Crippen LogP contribution in [0.1, 0.15) is 17.3 Å². The van der Waals surface area contributed by atoms with Gasteiger partial charge in [0.05, 0.1) is 11.3 Å². The summed E-state index contributed by atoms with van der Waals surface area (Å²) in [5.41, 5.74) is -0.489. The number of aromatic carboxylic acids is 1. The molecule has 0 heterocycles. The molecule has 1 rings (SSSR count). The van der Waals surface area contributed by atoms with Crippen LogP contribution in [0.4, 0.5) is 5.69 Å². The fraction of sp³-hybridized carbons (Fsp3) is 0.111. The Bertz CT molecular complexity index is 577. The SMILES string of the molecule is CC(=O)Nc1ccc(C(=O)O)cc1S(=O)(=O)O. The first-order valence-electron chi connectivity index (χ1n) is 4.34. The first kappa shape index (κ1) is 13.1. The highest BCUT2D eigenvalue weighted by Gasteiger charge is 2.18. The smallest absolute Gasteiger partial charge is 0.335 e. The highest BCUT2D eigenvalue weighted by molar-refractivity contribution is 7.86. The zero-order valence-electron chi connectivity index (χ0n) is 8.67. The van der Waals surface area contributed by atoms with Crippen molar-refractivity contribution in [3.63, 3.8) is 0 Å². The molecule has 1 amide bonds. The molecular weight excluding hydrogens is 250 g/mol. The van der Waals surface area contributed by atoms with Gasteiger partial charge in [-0.3, -0.25) is 9.35 Å². The van der Waals surface area contributed by atoms with Gasteiger partial charge in [0, 0.05) is 6.92 Å². The van der Waals surface area contributed by atoms with Crippen LogP contribution in [0, 0.1) is 0 Å². The van der Waals surface area contributed by atoms with Crippen LogP contribution in [-0.4, -0.2) is 30.0 Å². The molecule has 0 saturated heterocycles. The zero-order chi connectivity index (χ0) is 13.2. The Morgan fingerprint density at radius 2 is 1.88 bits per heavy atom. The van der Waals surface area contributed by atoms with Gasteiger partial charge in [-0.25, -0.2) is 4.79 Å². The number of carbonyl (C=O) groups is 2. The predicted octanol–water partition coefficient (Wildman–Crippen LogP) is 0.590. The summed E-state index contributed by atoms with van der Waals surface area (Å²) >= 11 is 0. The Kier molecular flexibility index (Phi) is 3.49. The Hall–Kier alpha value is -1.93. The minimum Gasteiger partial charge on any atom is -0.478 e. The third-order valence-electron chi connectivity index (χ3n) is 1.82. The highest BCUT2D eigenvalue weighted by atomic mass is 32.2. The highest BCUT2D eigenvalue weighted by Crippen LogP contribution is 2.22. The van der Waals surface area contributed by atoms with E-state index in [0.29, 0.717) is 0 Å². The molecule has 0 spiro atoms. The van der Waals surface area contributed by atoms with Gasteiger partial charge in [0.15, 0.2) is 0 Å². The maximum Gasteiger partial charge on any atom is 0.335 e. The molecule has 0 fully saturated rings. The summed E-state index contributed by atoms with van der Waals surface area (Å²) < 4.78 is 31.0. The van der Waals surface area contributed by atoms with Gasteiger partial charge in [-0.05, 0) is 18.2 Å². The molecular formula is C9H9NO6S. The van der Waals surface area contributed by atoms with E-state index in [-0.39, 0.29) is 11.3 Å². The number of hydrogen-bond acceptors (Lipinski definition) is 4. The molecule has 8 heteroatoms. The van der Waals surface area contributed by atoms with Crippen LogP contribution in [0.15, 0.2) is 23.1 Å². The molecule has 0 aliphatic rings. The van der Waals surface area contributed by atoms with Crippen molar-refractivity contribution in [2.24, 2.45) is 0 Å². The topological polar surface area (TPSA) is 121 Å². The fourth-order valence-corrected chi connectivity index (χ4v) is 1.83. The molecule has 0 atom stereocenters. The first-order valence-corrected chi connectivity index (χ1v) is 5.78. The molecule has 0 saturated carbocycles. The Labute approximate surface area is 96.8 Å². The van der Waals surface area contributed by atoms with Gasteiger partial charge in [-0.15, -0.1) is 0 Å². The first-order chi connectivity index (χ1) is 7.71. The molecule has 0 aliphatic carbocycles. The molecule has 0 aliphatic heterocycles. The average Bonchev–Trinajstić information content (AvgIpc) is 2.15. The van der Waals surface area contributed by atoms with Crippen molar-refractivity contribution in [3.8, 4) is 0 Å². The van der Waals surface area contributed by atoms with Gasteiger partial charge in [0.2, 0.25) is 5.91 Å². The monoisotopic (exact) mass is 259 g/mol. The van der Waals surface area contributed by atoms with E-state index in [2.05, 4.69) is 5.32 Å². The van der Waals surface area contributed by atoms with E-state index in [1.807, 2.05) is 0 Å². The van der Waals surface area contributed by atoms with Gasteiger partial charge in [0.1, 0.15) is 4.90 Å². The largest absolute Gasteiger partial charge is 0.478 e. The number of nitrogens with one attached hydrogen (secondary N) is 1. The van der Waals surface area contributed by atoms with Gasteiger partial charge in [0.25, 0.3) is 10.1 Å². The third kappa shape index (κ3) is 3.26. The minimum absolute atomic E-state index is 0.176. The Balaban J connectivity index is 3.42. The van der Waals surface area contributed by atoms with Gasteiger partial charge in [-0.2, -0.15) is 8.42 Å². The number of carboxylic acid groups (broad SMARTS) is 1. The van der Waals surface area contributed by atoms with Crippen molar-refractivity contribution >= 4 is 27.7 Å². The van der Waals surface area contributed by atoms with Gasteiger partial charge >= 0.3 is 5.97 Å². The van der Waals surface area contributed by atoms with Crippen molar-refractivity contribution < 1.29 is 27.7 Å². The Morgan fingerprint density at radius 1 is 1.29 bits per heavy atom. The number of benzene rings is 1. The minimum atomic E-state index is -4.61. The van der Waals surface area contributed by atoms with Crippen LogP contribution in [0.2, 0.25) is 0 Å². The van der Waals surface area contributed by atoms with Crippen molar-refractivity contribution in [2.45, 2.75) is 11.8 Å². The third-order valence-corrected chi connectivity index (χ3v) is 2.71. The molecule has 0 unspecified atom stereocenters. The van der Waals surface area contributed by atoms with Gasteiger partial charge in [-0.1, -0.05) is 0 Å². The van der Waals surface area contributed by atoms with Crippen LogP contribution >= 0.6 is 0 Å². The molecule has 7 nitrogen and oxygen atoms in total. The van der Waals surface area contributed by atoms with Gasteiger partial charge < -0.3 is 10.4 Å². The van der Waals surface area contributed by atoms with E-state index >= 15 is 0 Å². The lowest BCUT2D eigenvalue weighted by Crippen LogP contribution is -2.12. The quantitative estimate of drug-likeness (QED) is 0.683. The van der Waals surface area contributed by atoms with Crippen molar-refractivity contribution in [1.29, 1.82) is 0 Å². The number of hydrogen-bond donors (Lipinski definition) is 3. The second kappa shape index (κ2) is 4.52. The van der Waals surface area contributed by atoms with E-state index < -0.39 is 26.9 Å². The van der Waals surface area contributed by atoms with Crippen LogP contribution in [0.25, 0.3) is 0 Å². The van der Waals surface area contributed by atoms with Crippen LogP contribution in [0.3, 0.4) is 0 Å². The number of amides is 1. The van der Waals surface area contributed by atoms with Crippen molar-refractivity contribution in [1.82, 2.24) is 0 Å². The normalized spacial score (nSPS) is 10.9. The Morgan fingerprint density at radius 3 is 2.29 bits per heavy atom. The predicted molar refractivity (Wildman–Crippen MR) is 57.5 cm³/mol. The summed E-state index contributed by atoms with van der Waals surface area (Å²) in [5.74, 6) is -1.89. The lowest BCUT2D eigenvalue weighted by molar-refractivity contribution is -0.114. The fourth-order valence-electron chi connectivity index (χ4n) is 1.16. The lowest BCUT2D eigenvalue weighted by Gasteiger charge is -2.08. The van der Waals surface area contributed by atoms with Crippen LogP contribution < -0.4 is 5.32 Å². The van der Waals surface area contributed by atoms with Crippen molar-refractivity contribution in [3.05, 3.63) is 23.8 Å². The maximum atomic E-state index is 11.0. The molecule has 92 valence electrons. The van der Waals surface area contributed by atoms with Crippen LogP contribution in [-0.2, 0) is 14.9 Å². The van der Waals surface area contributed by atoms with Crippen molar-refractivity contribution in [2.75, 3.05) is 5.32 Å². The standard InChI is InChI=1S/C9H9NO6S/c1-5(11)10-7-3-2-6(9(12)13)4-8(7)17(14,15)16/h2-4H,1H3,(H,10,11)(H,12,13)(H,14,15,16). The summed E-state index contributed by atoms with van der Waals surface area (Å²) in [4.78, 5) is 20.8. The zero-order valence-corrected chi connectivity index (χ0v) is 9.48. The molecule has 0 bridgehead atoms. The van der Waals surface area contributed by atoms with E-state index in [0.717, 1.165) is 25.1 Å². The molecule has 1 aromatic carbocycles. The van der Waals surface area contributed by atoms with E-state index in [1.54, 1.807) is 0 Å². The lowest BCUT2D eigenvalue weighted by atomic mass is 10.2. The summed E-state index contributed by atoms with van der Waals surface area (Å²) in [5, 5.41) is 10.9. The molecule has 3 N–H and O–H groups in total. The maximum absolute atomic E-state index is 11.0. The van der Waals surface area contributed by atoms with E-state index in [4.69, 9.17) is 9.66 Å².